The minimum Gasteiger partial charge on any atom is -0.491 e. The highest BCUT2D eigenvalue weighted by Crippen LogP contribution is 2.28. The highest BCUT2D eigenvalue weighted by atomic mass is 19.4. The Labute approximate surface area is 173 Å². The van der Waals surface area contributed by atoms with Crippen LogP contribution in [-0.4, -0.2) is 51.0 Å². The summed E-state index contributed by atoms with van der Waals surface area (Å²) in [5, 5.41) is 14.3. The Bertz CT molecular complexity index is 897. The molecule has 0 spiro atoms. The van der Waals surface area contributed by atoms with Gasteiger partial charge in [-0.05, 0) is 62.4 Å². The molecular weight excluding hydrogens is 399 g/mol. The van der Waals surface area contributed by atoms with E-state index in [0.29, 0.717) is 38.1 Å². The molecule has 1 atom stereocenters. The zero-order valence-corrected chi connectivity index (χ0v) is 17.1. The monoisotopic (exact) mass is 425 g/mol. The molecule has 1 aliphatic heterocycles. The first kappa shape index (κ1) is 22.1. The lowest BCUT2D eigenvalue weighted by Gasteiger charge is -2.27. The number of rotatable bonds is 5. The lowest BCUT2D eigenvalue weighted by molar-refractivity contribution is -0.142. The second kappa shape index (κ2) is 8.67. The van der Waals surface area contributed by atoms with Gasteiger partial charge in [0.2, 0.25) is 5.91 Å². The molecule has 2 aromatic rings. The van der Waals surface area contributed by atoms with E-state index in [2.05, 4.69) is 5.10 Å². The number of carbonyl (C=O) groups is 1. The maximum Gasteiger partial charge on any atom is 0.435 e. The molecule has 1 aromatic heterocycles. The number of aromatic nitrogens is 2. The molecule has 0 bridgehead atoms. The number of halogens is 3. The SMILES string of the molecule is Cc1ccc(OCC2(O)CCCN(C(=O)Cn3ccc(C(F)(F)F)n3)CC2)cc1C. The van der Waals surface area contributed by atoms with Crippen LogP contribution in [0.5, 0.6) is 5.75 Å². The normalized spacial score (nSPS) is 20.1. The Kier molecular flexibility index (Phi) is 6.40. The van der Waals surface area contributed by atoms with Crippen molar-refractivity contribution in [1.29, 1.82) is 0 Å². The first-order valence-corrected chi connectivity index (χ1v) is 9.87. The molecule has 1 amide bonds. The van der Waals surface area contributed by atoms with Gasteiger partial charge in [-0.2, -0.15) is 18.3 Å². The molecule has 1 unspecified atom stereocenters. The van der Waals surface area contributed by atoms with Crippen LogP contribution in [0.2, 0.25) is 0 Å². The molecule has 1 N–H and O–H groups in total. The van der Waals surface area contributed by atoms with Gasteiger partial charge in [-0.25, -0.2) is 0 Å². The lowest BCUT2D eigenvalue weighted by Crippen LogP contribution is -2.39. The maximum atomic E-state index is 12.7. The number of hydrogen-bond acceptors (Lipinski definition) is 4. The first-order chi connectivity index (χ1) is 14.1. The second-order valence-electron chi connectivity index (χ2n) is 7.89. The Morgan fingerprint density at radius 1 is 1.20 bits per heavy atom. The van der Waals surface area contributed by atoms with Crippen molar-refractivity contribution in [3.63, 3.8) is 0 Å². The summed E-state index contributed by atoms with van der Waals surface area (Å²) in [4.78, 5) is 14.1. The summed E-state index contributed by atoms with van der Waals surface area (Å²) in [6.45, 7) is 4.58. The molecule has 1 fully saturated rings. The van der Waals surface area contributed by atoms with Crippen LogP contribution >= 0.6 is 0 Å². The number of nitrogens with zero attached hydrogens (tertiary/aromatic N) is 3. The average molecular weight is 425 g/mol. The smallest absolute Gasteiger partial charge is 0.435 e. The van der Waals surface area contributed by atoms with E-state index in [1.165, 1.54) is 0 Å². The Morgan fingerprint density at radius 3 is 2.63 bits per heavy atom. The molecule has 30 heavy (non-hydrogen) atoms. The minimum atomic E-state index is -4.54. The van der Waals surface area contributed by atoms with Crippen molar-refractivity contribution in [2.75, 3.05) is 19.7 Å². The molecule has 0 aliphatic carbocycles. The summed E-state index contributed by atoms with van der Waals surface area (Å²) in [5.41, 5.74) is 0.167. The van der Waals surface area contributed by atoms with Crippen molar-refractivity contribution in [1.82, 2.24) is 14.7 Å². The van der Waals surface area contributed by atoms with Gasteiger partial charge in [-0.15, -0.1) is 0 Å². The van der Waals surface area contributed by atoms with Crippen LogP contribution in [0.4, 0.5) is 13.2 Å². The fourth-order valence-corrected chi connectivity index (χ4v) is 3.43. The standard InChI is InChI=1S/C21H26F3N3O3/c1-15-4-5-17(12-16(15)2)30-14-20(29)7-3-9-26(11-8-20)19(28)13-27-10-6-18(25-27)21(22,23)24/h4-6,10,12,29H,3,7-9,11,13-14H2,1-2H3. The molecule has 9 heteroatoms. The third kappa shape index (κ3) is 5.53. The molecule has 2 heterocycles. The molecular formula is C21H26F3N3O3. The van der Waals surface area contributed by atoms with Gasteiger partial charge in [0.15, 0.2) is 5.69 Å². The van der Waals surface area contributed by atoms with E-state index >= 15 is 0 Å². The molecule has 3 rings (SSSR count). The summed E-state index contributed by atoms with van der Waals surface area (Å²) in [5.74, 6) is 0.356. The lowest BCUT2D eigenvalue weighted by atomic mass is 9.96. The van der Waals surface area contributed by atoms with Crippen LogP contribution < -0.4 is 4.74 Å². The number of alkyl halides is 3. The van der Waals surface area contributed by atoms with E-state index in [0.717, 1.165) is 28.1 Å². The first-order valence-electron chi connectivity index (χ1n) is 9.87. The number of hydrogen-bond donors (Lipinski definition) is 1. The van der Waals surface area contributed by atoms with Gasteiger partial charge in [-0.3, -0.25) is 9.48 Å². The van der Waals surface area contributed by atoms with Gasteiger partial charge in [0, 0.05) is 19.3 Å². The van der Waals surface area contributed by atoms with Crippen LogP contribution in [0, 0.1) is 13.8 Å². The number of ether oxygens (including phenoxy) is 1. The van der Waals surface area contributed by atoms with Crippen LogP contribution in [-0.2, 0) is 17.5 Å². The van der Waals surface area contributed by atoms with Crippen LogP contribution in [0.25, 0.3) is 0 Å². The van der Waals surface area contributed by atoms with Crippen LogP contribution in [0.3, 0.4) is 0 Å². The third-order valence-corrected chi connectivity index (χ3v) is 5.48. The number of aliphatic hydroxyl groups is 1. The predicted octanol–water partition coefficient (Wildman–Crippen LogP) is 3.34. The Balaban J connectivity index is 1.54. The second-order valence-corrected chi connectivity index (χ2v) is 7.89. The number of aryl methyl sites for hydroxylation is 2. The summed E-state index contributed by atoms with van der Waals surface area (Å²) in [7, 11) is 0. The summed E-state index contributed by atoms with van der Waals surface area (Å²) >= 11 is 0. The van der Waals surface area contributed by atoms with E-state index in [-0.39, 0.29) is 19.1 Å². The Morgan fingerprint density at radius 2 is 1.97 bits per heavy atom. The third-order valence-electron chi connectivity index (χ3n) is 5.48. The number of likely N-dealkylation sites (tertiary alicyclic amines) is 1. The van der Waals surface area contributed by atoms with Gasteiger partial charge in [0.25, 0.3) is 0 Å². The number of carbonyl (C=O) groups excluding carboxylic acids is 1. The van der Waals surface area contributed by atoms with Crippen molar-refractivity contribution in [2.24, 2.45) is 0 Å². The molecule has 1 aliphatic rings. The molecule has 164 valence electrons. The fourth-order valence-electron chi connectivity index (χ4n) is 3.43. The van der Waals surface area contributed by atoms with Crippen LogP contribution in [0.1, 0.15) is 36.1 Å². The zero-order valence-electron chi connectivity index (χ0n) is 17.1. The van der Waals surface area contributed by atoms with Crippen molar-refractivity contribution >= 4 is 5.91 Å². The fraction of sp³-hybridized carbons (Fsp3) is 0.524. The van der Waals surface area contributed by atoms with Gasteiger partial charge in [-0.1, -0.05) is 6.07 Å². The summed E-state index contributed by atoms with van der Waals surface area (Å²) < 4.78 is 44.8. The van der Waals surface area contributed by atoms with Crippen LogP contribution in [0.15, 0.2) is 30.5 Å². The van der Waals surface area contributed by atoms with E-state index in [1.54, 1.807) is 4.90 Å². The Hall–Kier alpha value is -2.55. The topological polar surface area (TPSA) is 67.6 Å². The van der Waals surface area contributed by atoms with Crippen molar-refractivity contribution in [3.05, 3.63) is 47.3 Å². The highest BCUT2D eigenvalue weighted by Gasteiger charge is 2.35. The van der Waals surface area contributed by atoms with Crippen molar-refractivity contribution in [3.8, 4) is 5.75 Å². The molecule has 6 nitrogen and oxygen atoms in total. The van der Waals surface area contributed by atoms with Crippen molar-refractivity contribution < 1.29 is 27.8 Å². The molecule has 1 saturated heterocycles. The number of benzene rings is 1. The van der Waals surface area contributed by atoms with E-state index in [1.807, 2.05) is 32.0 Å². The van der Waals surface area contributed by atoms with E-state index in [9.17, 15) is 23.1 Å². The van der Waals surface area contributed by atoms with Gasteiger partial charge < -0.3 is 14.7 Å². The summed E-state index contributed by atoms with van der Waals surface area (Å²) in [6, 6.07) is 6.59. The zero-order chi connectivity index (χ0) is 21.9. The molecule has 0 saturated carbocycles. The largest absolute Gasteiger partial charge is 0.491 e. The number of amides is 1. The predicted molar refractivity (Wildman–Crippen MR) is 104 cm³/mol. The van der Waals surface area contributed by atoms with Gasteiger partial charge >= 0.3 is 6.18 Å². The maximum absolute atomic E-state index is 12.7. The minimum absolute atomic E-state index is 0.117. The van der Waals surface area contributed by atoms with E-state index in [4.69, 9.17) is 4.74 Å². The summed E-state index contributed by atoms with van der Waals surface area (Å²) in [6.07, 6.45) is -2.01. The molecule has 1 aromatic carbocycles. The van der Waals surface area contributed by atoms with Gasteiger partial charge in [0.05, 0.1) is 0 Å². The molecule has 0 radical (unpaired) electrons. The average Bonchev–Trinajstić information content (AvgIpc) is 3.05. The highest BCUT2D eigenvalue weighted by molar-refractivity contribution is 5.75. The van der Waals surface area contributed by atoms with E-state index < -0.39 is 17.5 Å². The quantitative estimate of drug-likeness (QED) is 0.798. The van der Waals surface area contributed by atoms with Gasteiger partial charge in [0.1, 0.15) is 24.5 Å². The van der Waals surface area contributed by atoms with Crippen molar-refractivity contribution in [2.45, 2.75) is 51.4 Å².